The Kier molecular flexibility index (Phi) is 5.82. The fraction of sp³-hybridized carbons (Fsp3) is 0.321. The summed E-state index contributed by atoms with van der Waals surface area (Å²) in [6, 6.07) is 8.25. The topological polar surface area (TPSA) is 112 Å². The van der Waals surface area contributed by atoms with E-state index in [-0.39, 0.29) is 12.6 Å². The molecule has 37 heavy (non-hydrogen) atoms. The van der Waals surface area contributed by atoms with E-state index in [1.165, 1.54) is 17.5 Å². The summed E-state index contributed by atoms with van der Waals surface area (Å²) in [6.07, 6.45) is 14.1. The molecule has 0 saturated heterocycles. The molecule has 0 aliphatic heterocycles. The number of hydrogen-bond donors (Lipinski definition) is 1. The SMILES string of the molecule is Cc1noc(C)c1-c1cnc2c(c1)c(-c1cnn(CC(=O)O)c1)cn2C(c1ccccn1)C1CCCC1. The second-order valence-electron chi connectivity index (χ2n) is 9.81. The second kappa shape index (κ2) is 9.31. The number of carboxylic acid groups (broad SMARTS) is 1. The number of aryl methyl sites for hydroxylation is 2. The number of nitrogens with zero attached hydrogens (tertiary/aromatic N) is 6. The molecule has 5 heterocycles. The zero-order chi connectivity index (χ0) is 25.5. The minimum Gasteiger partial charge on any atom is -0.480 e. The number of hydrogen-bond acceptors (Lipinski definition) is 6. The Balaban J connectivity index is 1.57. The average molecular weight is 497 g/mol. The Morgan fingerprint density at radius 2 is 1.97 bits per heavy atom. The molecular weight excluding hydrogens is 468 g/mol. The first kappa shape index (κ1) is 23.1. The summed E-state index contributed by atoms with van der Waals surface area (Å²) in [7, 11) is 0. The van der Waals surface area contributed by atoms with Gasteiger partial charge in [-0.25, -0.2) is 4.98 Å². The molecule has 0 aromatic carbocycles. The van der Waals surface area contributed by atoms with Gasteiger partial charge in [-0.1, -0.05) is 24.1 Å². The third-order valence-corrected chi connectivity index (χ3v) is 7.37. The maximum atomic E-state index is 11.3. The van der Waals surface area contributed by atoms with E-state index in [9.17, 15) is 9.90 Å². The molecule has 0 radical (unpaired) electrons. The molecule has 188 valence electrons. The summed E-state index contributed by atoms with van der Waals surface area (Å²) in [5.74, 6) is 0.263. The Morgan fingerprint density at radius 1 is 1.14 bits per heavy atom. The summed E-state index contributed by atoms with van der Waals surface area (Å²) in [4.78, 5) is 21.0. The lowest BCUT2D eigenvalue weighted by Gasteiger charge is -2.25. The quantitative estimate of drug-likeness (QED) is 0.320. The van der Waals surface area contributed by atoms with E-state index in [2.05, 4.69) is 33.2 Å². The van der Waals surface area contributed by atoms with Gasteiger partial charge in [0.2, 0.25) is 0 Å². The van der Waals surface area contributed by atoms with E-state index in [0.29, 0.717) is 5.92 Å². The van der Waals surface area contributed by atoms with E-state index < -0.39 is 5.97 Å². The standard InChI is InChI=1S/C28H28N6O3/c1-17-26(18(2)37-32-17)20-11-22-23(21-13-31-33(14-21)16-25(35)36)15-34(28(22)30-12-20)27(19-7-3-4-8-19)24-9-5-6-10-29-24/h5-6,9-15,19,27H,3-4,7-8,16H2,1-2H3,(H,35,36). The zero-order valence-electron chi connectivity index (χ0n) is 20.8. The molecule has 0 bridgehead atoms. The summed E-state index contributed by atoms with van der Waals surface area (Å²) in [5.41, 5.74) is 6.35. The highest BCUT2D eigenvalue weighted by molar-refractivity contribution is 5.96. The molecule has 9 nitrogen and oxygen atoms in total. The number of carbonyl (C=O) groups is 1. The minimum absolute atomic E-state index is 0.0476. The van der Waals surface area contributed by atoms with E-state index in [1.54, 1.807) is 12.4 Å². The Hall–Kier alpha value is -4.27. The first-order chi connectivity index (χ1) is 18.0. The van der Waals surface area contributed by atoms with Crippen molar-refractivity contribution in [3.63, 3.8) is 0 Å². The van der Waals surface area contributed by atoms with E-state index in [0.717, 1.165) is 63.3 Å². The first-order valence-electron chi connectivity index (χ1n) is 12.6. The van der Waals surface area contributed by atoms with Crippen molar-refractivity contribution in [1.82, 2.24) is 29.5 Å². The monoisotopic (exact) mass is 496 g/mol. The highest BCUT2D eigenvalue weighted by Crippen LogP contribution is 2.42. The predicted molar refractivity (Wildman–Crippen MR) is 138 cm³/mol. The molecule has 9 heteroatoms. The van der Waals surface area contributed by atoms with Crippen molar-refractivity contribution in [2.75, 3.05) is 0 Å². The fourth-order valence-corrected chi connectivity index (χ4v) is 5.77. The normalized spacial score (nSPS) is 15.0. The van der Waals surface area contributed by atoms with Gasteiger partial charge < -0.3 is 14.2 Å². The number of aliphatic carboxylic acids is 1. The molecule has 1 fully saturated rings. The number of fused-ring (bicyclic) bond motifs is 1. The molecule has 1 aliphatic carbocycles. The van der Waals surface area contributed by atoms with Gasteiger partial charge in [0.15, 0.2) is 0 Å². The van der Waals surface area contributed by atoms with Crippen LogP contribution in [0.5, 0.6) is 0 Å². The Bertz CT molecular complexity index is 1560. The van der Waals surface area contributed by atoms with Crippen molar-refractivity contribution >= 4 is 17.0 Å². The van der Waals surface area contributed by atoms with Crippen LogP contribution >= 0.6 is 0 Å². The summed E-state index contributed by atoms with van der Waals surface area (Å²) >= 11 is 0. The maximum absolute atomic E-state index is 11.3. The van der Waals surface area contributed by atoms with E-state index >= 15 is 0 Å². The van der Waals surface area contributed by atoms with Crippen LogP contribution in [0.15, 0.2) is 59.8 Å². The molecule has 1 unspecified atom stereocenters. The minimum atomic E-state index is -0.934. The van der Waals surface area contributed by atoms with Gasteiger partial charge in [-0.15, -0.1) is 0 Å². The fourth-order valence-electron chi connectivity index (χ4n) is 5.77. The number of carboxylic acids is 1. The van der Waals surface area contributed by atoms with Crippen LogP contribution in [0.25, 0.3) is 33.3 Å². The van der Waals surface area contributed by atoms with Crippen LogP contribution in [0.4, 0.5) is 0 Å². The van der Waals surface area contributed by atoms with E-state index in [4.69, 9.17) is 14.5 Å². The number of rotatable bonds is 7. The lowest BCUT2D eigenvalue weighted by atomic mass is 9.94. The van der Waals surface area contributed by atoms with Crippen LogP contribution in [0, 0.1) is 19.8 Å². The molecule has 0 spiro atoms. The average Bonchev–Trinajstić information content (AvgIpc) is 3.68. The molecule has 1 aliphatic rings. The summed E-state index contributed by atoms with van der Waals surface area (Å²) in [6.45, 7) is 3.63. The zero-order valence-corrected chi connectivity index (χ0v) is 20.8. The van der Waals surface area contributed by atoms with Crippen molar-refractivity contribution in [1.29, 1.82) is 0 Å². The van der Waals surface area contributed by atoms with Gasteiger partial charge in [-0.2, -0.15) is 5.10 Å². The highest BCUT2D eigenvalue weighted by Gasteiger charge is 2.31. The van der Waals surface area contributed by atoms with Crippen LogP contribution in [0.2, 0.25) is 0 Å². The van der Waals surface area contributed by atoms with Crippen molar-refractivity contribution in [3.8, 4) is 22.3 Å². The van der Waals surface area contributed by atoms with Gasteiger partial charge in [-0.05, 0) is 50.8 Å². The van der Waals surface area contributed by atoms with Crippen LogP contribution < -0.4 is 0 Å². The molecule has 1 saturated carbocycles. The summed E-state index contributed by atoms with van der Waals surface area (Å²) < 4.78 is 9.13. The highest BCUT2D eigenvalue weighted by atomic mass is 16.5. The molecule has 1 atom stereocenters. The lowest BCUT2D eigenvalue weighted by molar-refractivity contribution is -0.137. The Morgan fingerprint density at radius 3 is 2.68 bits per heavy atom. The van der Waals surface area contributed by atoms with Crippen LogP contribution in [-0.4, -0.2) is 40.5 Å². The molecule has 0 amide bonds. The molecule has 6 rings (SSSR count). The van der Waals surface area contributed by atoms with Crippen molar-refractivity contribution in [3.05, 3.63) is 72.4 Å². The smallest absolute Gasteiger partial charge is 0.325 e. The number of aromatic nitrogens is 6. The first-order valence-corrected chi connectivity index (χ1v) is 12.6. The van der Waals surface area contributed by atoms with Gasteiger partial charge in [0.1, 0.15) is 18.0 Å². The summed E-state index contributed by atoms with van der Waals surface area (Å²) in [5, 5.41) is 18.6. The third-order valence-electron chi connectivity index (χ3n) is 7.37. The predicted octanol–water partition coefficient (Wildman–Crippen LogP) is 5.43. The molecule has 5 aromatic rings. The number of pyridine rings is 2. The van der Waals surface area contributed by atoms with Gasteiger partial charge in [-0.3, -0.25) is 14.5 Å². The molecule has 5 aromatic heterocycles. The van der Waals surface area contributed by atoms with Gasteiger partial charge in [0, 0.05) is 52.4 Å². The van der Waals surface area contributed by atoms with Crippen LogP contribution in [0.1, 0.15) is 48.9 Å². The van der Waals surface area contributed by atoms with Gasteiger partial charge >= 0.3 is 5.97 Å². The van der Waals surface area contributed by atoms with Gasteiger partial charge in [0.25, 0.3) is 0 Å². The maximum Gasteiger partial charge on any atom is 0.325 e. The van der Waals surface area contributed by atoms with E-state index in [1.807, 2.05) is 38.4 Å². The lowest BCUT2D eigenvalue weighted by Crippen LogP contribution is -2.19. The molecular formula is C28H28N6O3. The van der Waals surface area contributed by atoms with Crippen LogP contribution in [-0.2, 0) is 11.3 Å². The van der Waals surface area contributed by atoms with Crippen molar-refractivity contribution < 1.29 is 14.4 Å². The second-order valence-corrected chi connectivity index (χ2v) is 9.81. The van der Waals surface area contributed by atoms with Crippen molar-refractivity contribution in [2.45, 2.75) is 52.1 Å². The Labute approximate surface area is 213 Å². The van der Waals surface area contributed by atoms with Crippen molar-refractivity contribution in [2.24, 2.45) is 5.92 Å². The van der Waals surface area contributed by atoms with Crippen LogP contribution in [0.3, 0.4) is 0 Å². The largest absolute Gasteiger partial charge is 0.480 e. The third kappa shape index (κ3) is 4.20. The molecule has 1 N–H and O–H groups in total. The van der Waals surface area contributed by atoms with Gasteiger partial charge in [0.05, 0.1) is 23.6 Å².